The standard InChI is InChI=1S/C58H44N2/c1-4-24-40(5-2)51-52(41-25-12-7-13-26-41)54(43-29-16-9-17-30-43)56-55(53(51)42-27-14-8-15-28-42)57(44-31-18-10-19-32-44)60(58(56)45-33-20-11-21-34-45)46-37-38-50-48(39-46)47-35-22-23-36-49(47)59(50)6-3/h4-5,7-39H,1-2,6H2,3H3/b40-24+. The third-order valence-electron chi connectivity index (χ3n) is 11.8. The lowest BCUT2D eigenvalue weighted by Gasteiger charge is -2.24. The van der Waals surface area contributed by atoms with Crippen LogP contribution in [0.2, 0.25) is 0 Å². The van der Waals surface area contributed by atoms with Gasteiger partial charge >= 0.3 is 0 Å². The van der Waals surface area contributed by atoms with Gasteiger partial charge in [-0.25, -0.2) is 0 Å². The molecule has 0 saturated carbocycles. The summed E-state index contributed by atoms with van der Waals surface area (Å²) >= 11 is 0. The van der Waals surface area contributed by atoms with Gasteiger partial charge in [0, 0.05) is 55.9 Å². The van der Waals surface area contributed by atoms with Gasteiger partial charge in [0.2, 0.25) is 0 Å². The van der Waals surface area contributed by atoms with Crippen molar-refractivity contribution in [3.63, 3.8) is 0 Å². The van der Waals surface area contributed by atoms with Crippen molar-refractivity contribution in [3.8, 4) is 61.6 Å². The number of rotatable bonds is 10. The van der Waals surface area contributed by atoms with Gasteiger partial charge in [0.25, 0.3) is 0 Å². The summed E-state index contributed by atoms with van der Waals surface area (Å²) in [4.78, 5) is 0. The van der Waals surface area contributed by atoms with Crippen LogP contribution in [0.1, 0.15) is 12.5 Å². The first-order valence-corrected chi connectivity index (χ1v) is 20.7. The molecule has 286 valence electrons. The van der Waals surface area contributed by atoms with Crippen LogP contribution >= 0.6 is 0 Å². The summed E-state index contributed by atoms with van der Waals surface area (Å²) in [5.74, 6) is 0. The van der Waals surface area contributed by atoms with Gasteiger partial charge in [0.1, 0.15) is 0 Å². The molecule has 2 heteroatoms. The molecule has 10 rings (SSSR count). The molecule has 0 aliphatic heterocycles. The lowest BCUT2D eigenvalue weighted by atomic mass is 9.78. The number of nitrogens with zero attached hydrogens (tertiary/aromatic N) is 2. The Morgan fingerprint density at radius 3 is 1.43 bits per heavy atom. The average molecular weight is 769 g/mol. The van der Waals surface area contributed by atoms with E-state index in [9.17, 15) is 0 Å². The molecule has 0 aliphatic carbocycles. The van der Waals surface area contributed by atoms with E-state index >= 15 is 0 Å². The third-order valence-corrected chi connectivity index (χ3v) is 11.8. The molecule has 60 heavy (non-hydrogen) atoms. The van der Waals surface area contributed by atoms with Gasteiger partial charge in [-0.2, -0.15) is 0 Å². The normalized spacial score (nSPS) is 11.7. The second-order valence-electron chi connectivity index (χ2n) is 15.1. The highest BCUT2D eigenvalue weighted by Crippen LogP contribution is 2.56. The van der Waals surface area contributed by atoms with Crippen molar-refractivity contribution < 1.29 is 0 Å². The summed E-state index contributed by atoms with van der Waals surface area (Å²) in [7, 11) is 0. The molecule has 0 radical (unpaired) electrons. The van der Waals surface area contributed by atoms with Crippen molar-refractivity contribution in [2.75, 3.05) is 0 Å². The van der Waals surface area contributed by atoms with E-state index in [0.717, 1.165) is 73.7 Å². The van der Waals surface area contributed by atoms with E-state index in [2.05, 4.69) is 229 Å². The Kier molecular flexibility index (Phi) is 9.52. The van der Waals surface area contributed by atoms with Crippen LogP contribution in [-0.4, -0.2) is 9.13 Å². The second-order valence-corrected chi connectivity index (χ2v) is 15.1. The molecule has 0 fully saturated rings. The molecule has 2 aromatic heterocycles. The fourth-order valence-corrected chi connectivity index (χ4v) is 9.43. The zero-order valence-corrected chi connectivity index (χ0v) is 33.7. The first-order valence-electron chi connectivity index (χ1n) is 20.7. The van der Waals surface area contributed by atoms with Crippen LogP contribution in [0, 0.1) is 0 Å². The van der Waals surface area contributed by atoms with Crippen LogP contribution < -0.4 is 0 Å². The monoisotopic (exact) mass is 768 g/mol. The third kappa shape index (κ3) is 5.96. The number of benzene rings is 8. The molecule has 0 spiro atoms. The van der Waals surface area contributed by atoms with Gasteiger partial charge < -0.3 is 9.13 Å². The number of allylic oxidation sites excluding steroid dienone is 4. The predicted octanol–water partition coefficient (Wildman–Crippen LogP) is 15.8. The Hall–Kier alpha value is -7.68. The lowest BCUT2D eigenvalue weighted by Crippen LogP contribution is -2.00. The Labute approximate surface area is 352 Å². The molecule has 2 nitrogen and oxygen atoms in total. The number of hydrogen-bond acceptors (Lipinski definition) is 0. The molecule has 0 N–H and O–H groups in total. The van der Waals surface area contributed by atoms with Crippen LogP contribution in [0.4, 0.5) is 0 Å². The Bertz CT molecular complexity index is 3220. The summed E-state index contributed by atoms with van der Waals surface area (Å²) < 4.78 is 4.98. The second kappa shape index (κ2) is 15.6. The minimum Gasteiger partial charge on any atom is -0.341 e. The Morgan fingerprint density at radius 2 is 0.917 bits per heavy atom. The smallest absolute Gasteiger partial charge is 0.0620 e. The van der Waals surface area contributed by atoms with Crippen molar-refractivity contribution >= 4 is 38.2 Å². The number of aromatic nitrogens is 2. The largest absolute Gasteiger partial charge is 0.341 e. The van der Waals surface area contributed by atoms with Crippen molar-refractivity contribution in [1.82, 2.24) is 9.13 Å². The van der Waals surface area contributed by atoms with Gasteiger partial charge in [0.05, 0.1) is 11.4 Å². The SMILES string of the molecule is C=C/C=C(\C=C)c1c(-c2ccccc2)c(-c2ccccc2)c2c(-c3ccccc3)n(-c3ccc4c(c3)c3ccccc3n4CC)c(-c3ccccc3)c2c1-c1ccccc1. The van der Waals surface area contributed by atoms with Crippen molar-refractivity contribution in [1.29, 1.82) is 0 Å². The van der Waals surface area contributed by atoms with E-state index in [1.165, 1.54) is 38.1 Å². The quantitative estimate of drug-likeness (QED) is 0.123. The van der Waals surface area contributed by atoms with E-state index < -0.39 is 0 Å². The van der Waals surface area contributed by atoms with E-state index in [0.29, 0.717) is 0 Å². The summed E-state index contributed by atoms with van der Waals surface area (Å²) in [6, 6.07) is 70.5. The molecule has 0 unspecified atom stereocenters. The van der Waals surface area contributed by atoms with Crippen molar-refractivity contribution in [2.45, 2.75) is 13.5 Å². The summed E-state index contributed by atoms with van der Waals surface area (Å²) in [6.45, 7) is 11.8. The van der Waals surface area contributed by atoms with Gasteiger partial charge in [-0.05, 0) is 75.7 Å². The molecule has 0 bridgehead atoms. The lowest BCUT2D eigenvalue weighted by molar-refractivity contribution is 0.827. The predicted molar refractivity (Wildman–Crippen MR) is 258 cm³/mol. The summed E-state index contributed by atoms with van der Waals surface area (Å²) in [5, 5.41) is 4.85. The van der Waals surface area contributed by atoms with Gasteiger partial charge in [-0.1, -0.05) is 201 Å². The minimum atomic E-state index is 0.886. The number of hydrogen-bond donors (Lipinski definition) is 0. The zero-order chi connectivity index (χ0) is 40.6. The first kappa shape index (κ1) is 36.6. The number of fused-ring (bicyclic) bond motifs is 4. The fourth-order valence-electron chi connectivity index (χ4n) is 9.43. The van der Waals surface area contributed by atoms with Crippen molar-refractivity contribution in [3.05, 3.63) is 231 Å². The molecular formula is C58H44N2. The maximum absolute atomic E-state index is 4.45. The molecule has 10 aromatic rings. The van der Waals surface area contributed by atoms with E-state index in [-0.39, 0.29) is 0 Å². The van der Waals surface area contributed by atoms with Crippen LogP contribution in [0.5, 0.6) is 0 Å². The van der Waals surface area contributed by atoms with Crippen LogP contribution in [0.15, 0.2) is 226 Å². The molecule has 0 saturated heterocycles. The molecule has 8 aromatic carbocycles. The van der Waals surface area contributed by atoms with Gasteiger partial charge in [-0.3, -0.25) is 0 Å². The van der Waals surface area contributed by atoms with E-state index in [1.807, 2.05) is 12.2 Å². The molecular weight excluding hydrogens is 725 g/mol. The van der Waals surface area contributed by atoms with Crippen LogP contribution in [0.25, 0.3) is 99.7 Å². The van der Waals surface area contributed by atoms with Crippen LogP contribution in [0.3, 0.4) is 0 Å². The molecule has 2 heterocycles. The zero-order valence-electron chi connectivity index (χ0n) is 33.7. The topological polar surface area (TPSA) is 9.86 Å². The van der Waals surface area contributed by atoms with E-state index in [1.54, 1.807) is 0 Å². The highest BCUT2D eigenvalue weighted by molar-refractivity contribution is 6.25. The van der Waals surface area contributed by atoms with E-state index in [4.69, 9.17) is 0 Å². The Morgan fingerprint density at radius 1 is 0.467 bits per heavy atom. The average Bonchev–Trinajstić information content (AvgIpc) is 3.84. The molecule has 0 atom stereocenters. The van der Waals surface area contributed by atoms with Crippen molar-refractivity contribution in [2.24, 2.45) is 0 Å². The highest BCUT2D eigenvalue weighted by Gasteiger charge is 2.32. The highest BCUT2D eigenvalue weighted by atomic mass is 15.0. The minimum absolute atomic E-state index is 0.886. The maximum Gasteiger partial charge on any atom is 0.0620 e. The molecule has 0 amide bonds. The fraction of sp³-hybridized carbons (Fsp3) is 0.0345. The Balaban J connectivity index is 1.55. The van der Waals surface area contributed by atoms with Gasteiger partial charge in [0.15, 0.2) is 0 Å². The number of aryl methyl sites for hydroxylation is 1. The summed E-state index contributed by atoms with van der Waals surface area (Å²) in [5.41, 5.74) is 17.1. The maximum atomic E-state index is 4.45. The number of para-hydroxylation sites is 1. The summed E-state index contributed by atoms with van der Waals surface area (Å²) in [6.07, 6.45) is 5.98. The molecule has 0 aliphatic rings. The first-order chi connectivity index (χ1) is 29.7. The van der Waals surface area contributed by atoms with Gasteiger partial charge in [-0.15, -0.1) is 0 Å². The van der Waals surface area contributed by atoms with Crippen LogP contribution in [-0.2, 0) is 6.54 Å².